The van der Waals surface area contributed by atoms with E-state index in [1.165, 1.54) is 6.07 Å². The largest absolute Gasteiger partial charge is 0.506 e. The maximum absolute atomic E-state index is 11.8. The van der Waals surface area contributed by atoms with Crippen molar-refractivity contribution in [1.82, 2.24) is 0 Å². The van der Waals surface area contributed by atoms with Gasteiger partial charge in [-0.2, -0.15) is 0 Å². The van der Waals surface area contributed by atoms with Gasteiger partial charge in [-0.15, -0.1) is 0 Å². The van der Waals surface area contributed by atoms with Gasteiger partial charge >= 0.3 is 0 Å². The summed E-state index contributed by atoms with van der Waals surface area (Å²) in [6, 6.07) is 13.5. The highest BCUT2D eigenvalue weighted by Crippen LogP contribution is 2.21. The SMILES string of the molecule is CCOCCOc1ccc(OCC(=O)Nc2ccccc2O)cc1. The van der Waals surface area contributed by atoms with Gasteiger partial charge in [-0.05, 0) is 43.3 Å². The number of anilines is 1. The molecule has 0 saturated heterocycles. The van der Waals surface area contributed by atoms with Gasteiger partial charge in [0.25, 0.3) is 5.91 Å². The molecule has 0 spiro atoms. The fourth-order valence-corrected chi connectivity index (χ4v) is 1.91. The van der Waals surface area contributed by atoms with Crippen LogP contribution in [0.5, 0.6) is 17.2 Å². The summed E-state index contributed by atoms with van der Waals surface area (Å²) in [4.78, 5) is 11.8. The molecule has 24 heavy (non-hydrogen) atoms. The third kappa shape index (κ3) is 5.81. The molecule has 0 heterocycles. The fourth-order valence-electron chi connectivity index (χ4n) is 1.91. The number of phenolic OH excluding ortho intramolecular Hbond substituents is 1. The van der Waals surface area contributed by atoms with Gasteiger partial charge in [-0.3, -0.25) is 4.79 Å². The van der Waals surface area contributed by atoms with Crippen molar-refractivity contribution in [3.8, 4) is 17.2 Å². The van der Waals surface area contributed by atoms with Crippen LogP contribution in [-0.4, -0.2) is 37.4 Å². The zero-order valence-corrected chi connectivity index (χ0v) is 13.5. The highest BCUT2D eigenvalue weighted by Gasteiger charge is 2.06. The predicted octanol–water partition coefficient (Wildman–Crippen LogP) is 2.83. The molecule has 1 amide bonds. The Morgan fingerprint density at radius 2 is 1.67 bits per heavy atom. The number of rotatable bonds is 9. The molecule has 2 N–H and O–H groups in total. The van der Waals surface area contributed by atoms with Crippen molar-refractivity contribution in [1.29, 1.82) is 0 Å². The summed E-state index contributed by atoms with van der Waals surface area (Å²) >= 11 is 0. The predicted molar refractivity (Wildman–Crippen MR) is 90.7 cm³/mol. The summed E-state index contributed by atoms with van der Waals surface area (Å²) in [5, 5.41) is 12.2. The maximum atomic E-state index is 11.8. The van der Waals surface area contributed by atoms with E-state index in [1.807, 2.05) is 6.92 Å². The number of ether oxygens (including phenoxy) is 3. The monoisotopic (exact) mass is 331 g/mol. The van der Waals surface area contributed by atoms with Crippen LogP contribution < -0.4 is 14.8 Å². The minimum atomic E-state index is -0.353. The van der Waals surface area contributed by atoms with Crippen molar-refractivity contribution in [2.24, 2.45) is 0 Å². The van der Waals surface area contributed by atoms with Crippen molar-refractivity contribution in [2.75, 3.05) is 31.7 Å². The highest BCUT2D eigenvalue weighted by molar-refractivity contribution is 5.93. The van der Waals surface area contributed by atoms with Gasteiger partial charge in [0.1, 0.15) is 23.9 Å². The first-order valence-electron chi connectivity index (χ1n) is 7.70. The van der Waals surface area contributed by atoms with E-state index in [1.54, 1.807) is 42.5 Å². The Balaban J connectivity index is 1.75. The average molecular weight is 331 g/mol. The first-order valence-corrected chi connectivity index (χ1v) is 7.70. The minimum absolute atomic E-state index is 0.0133. The van der Waals surface area contributed by atoms with Crippen molar-refractivity contribution in [3.63, 3.8) is 0 Å². The number of hydrogen-bond donors (Lipinski definition) is 2. The van der Waals surface area contributed by atoms with Crippen LogP contribution in [0.4, 0.5) is 5.69 Å². The van der Waals surface area contributed by atoms with Crippen molar-refractivity contribution in [3.05, 3.63) is 48.5 Å². The summed E-state index contributed by atoms with van der Waals surface area (Å²) < 4.78 is 16.1. The van der Waals surface area contributed by atoms with Gasteiger partial charge in [0.15, 0.2) is 6.61 Å². The Morgan fingerprint density at radius 3 is 2.33 bits per heavy atom. The Labute approximate surface area is 141 Å². The molecule has 6 nitrogen and oxygen atoms in total. The Bertz CT molecular complexity index is 642. The van der Waals surface area contributed by atoms with E-state index in [0.717, 1.165) is 0 Å². The van der Waals surface area contributed by atoms with Crippen LogP contribution in [0.25, 0.3) is 0 Å². The number of phenols is 1. The molecule has 128 valence electrons. The Kier molecular flexibility index (Phi) is 6.91. The van der Waals surface area contributed by atoms with Crippen molar-refractivity contribution in [2.45, 2.75) is 6.92 Å². The van der Waals surface area contributed by atoms with Crippen LogP contribution in [-0.2, 0) is 9.53 Å². The first-order chi connectivity index (χ1) is 11.7. The zero-order valence-electron chi connectivity index (χ0n) is 13.5. The quantitative estimate of drug-likeness (QED) is 0.546. The molecule has 0 unspecified atom stereocenters. The zero-order chi connectivity index (χ0) is 17.2. The molecule has 0 aliphatic rings. The van der Waals surface area contributed by atoms with E-state index in [-0.39, 0.29) is 18.3 Å². The third-order valence-electron chi connectivity index (χ3n) is 3.07. The Morgan fingerprint density at radius 1 is 1.00 bits per heavy atom. The van der Waals surface area contributed by atoms with E-state index in [0.29, 0.717) is 37.0 Å². The number of benzene rings is 2. The number of hydrogen-bond acceptors (Lipinski definition) is 5. The molecular weight excluding hydrogens is 310 g/mol. The van der Waals surface area contributed by atoms with E-state index in [9.17, 15) is 9.90 Å². The molecule has 0 fully saturated rings. The lowest BCUT2D eigenvalue weighted by atomic mass is 10.3. The molecule has 0 aromatic heterocycles. The number of carbonyl (C=O) groups is 1. The van der Waals surface area contributed by atoms with Crippen LogP contribution in [0, 0.1) is 0 Å². The summed E-state index contributed by atoms with van der Waals surface area (Å²) in [5.41, 5.74) is 0.351. The topological polar surface area (TPSA) is 77.0 Å². The lowest BCUT2D eigenvalue weighted by Gasteiger charge is -2.10. The van der Waals surface area contributed by atoms with Gasteiger partial charge in [-0.1, -0.05) is 12.1 Å². The molecule has 0 saturated carbocycles. The number of aromatic hydroxyl groups is 1. The maximum Gasteiger partial charge on any atom is 0.262 e. The van der Waals surface area contributed by atoms with Crippen LogP contribution >= 0.6 is 0 Å². The second-order valence-electron chi connectivity index (χ2n) is 4.87. The third-order valence-corrected chi connectivity index (χ3v) is 3.07. The average Bonchev–Trinajstić information content (AvgIpc) is 2.60. The Hall–Kier alpha value is -2.73. The van der Waals surface area contributed by atoms with Gasteiger partial charge < -0.3 is 24.6 Å². The summed E-state index contributed by atoms with van der Waals surface area (Å²) in [6.07, 6.45) is 0. The molecule has 0 atom stereocenters. The summed E-state index contributed by atoms with van der Waals surface area (Å²) in [7, 11) is 0. The lowest BCUT2D eigenvalue weighted by Crippen LogP contribution is -2.20. The van der Waals surface area contributed by atoms with Gasteiger partial charge in [0.05, 0.1) is 12.3 Å². The number of carbonyl (C=O) groups excluding carboxylic acids is 1. The molecule has 6 heteroatoms. The summed E-state index contributed by atoms with van der Waals surface area (Å²) in [5.74, 6) is 0.924. The van der Waals surface area contributed by atoms with Crippen LogP contribution in [0.3, 0.4) is 0 Å². The van der Waals surface area contributed by atoms with E-state index in [4.69, 9.17) is 14.2 Å². The second-order valence-corrected chi connectivity index (χ2v) is 4.87. The molecule has 0 aliphatic carbocycles. The van der Waals surface area contributed by atoms with Gasteiger partial charge in [0.2, 0.25) is 0 Å². The molecular formula is C18H21NO5. The minimum Gasteiger partial charge on any atom is -0.506 e. The molecule has 2 rings (SSSR count). The molecule has 2 aromatic carbocycles. The number of nitrogens with one attached hydrogen (secondary N) is 1. The van der Waals surface area contributed by atoms with Crippen molar-refractivity contribution < 1.29 is 24.1 Å². The fraction of sp³-hybridized carbons (Fsp3) is 0.278. The van der Waals surface area contributed by atoms with Crippen LogP contribution in [0.15, 0.2) is 48.5 Å². The molecule has 0 bridgehead atoms. The highest BCUT2D eigenvalue weighted by atomic mass is 16.5. The van der Waals surface area contributed by atoms with E-state index < -0.39 is 0 Å². The van der Waals surface area contributed by atoms with Crippen molar-refractivity contribution >= 4 is 11.6 Å². The van der Waals surface area contributed by atoms with Crippen LogP contribution in [0.2, 0.25) is 0 Å². The lowest BCUT2D eigenvalue weighted by molar-refractivity contribution is -0.118. The normalized spacial score (nSPS) is 10.2. The first kappa shape index (κ1) is 17.6. The number of amides is 1. The smallest absolute Gasteiger partial charge is 0.262 e. The van der Waals surface area contributed by atoms with E-state index in [2.05, 4.69) is 5.32 Å². The molecule has 0 radical (unpaired) electrons. The second kappa shape index (κ2) is 9.42. The number of para-hydroxylation sites is 2. The van der Waals surface area contributed by atoms with E-state index >= 15 is 0 Å². The van der Waals surface area contributed by atoms with Gasteiger partial charge in [0, 0.05) is 6.61 Å². The summed E-state index contributed by atoms with van der Waals surface area (Å²) in [6.45, 7) is 3.47. The van der Waals surface area contributed by atoms with Crippen LogP contribution in [0.1, 0.15) is 6.92 Å². The van der Waals surface area contributed by atoms with Gasteiger partial charge in [-0.25, -0.2) is 0 Å². The standard InChI is InChI=1S/C18H21NO5/c1-2-22-11-12-23-14-7-9-15(10-8-14)24-13-18(21)19-16-5-3-4-6-17(16)20/h3-10,20H,2,11-13H2,1H3,(H,19,21). The molecule has 2 aromatic rings. The molecule has 0 aliphatic heterocycles.